The van der Waals surface area contributed by atoms with Gasteiger partial charge < -0.3 is 9.26 Å². The van der Waals surface area contributed by atoms with E-state index in [0.29, 0.717) is 5.69 Å². The molecule has 0 aliphatic rings. The van der Waals surface area contributed by atoms with E-state index in [1.54, 1.807) is 31.2 Å². The van der Waals surface area contributed by atoms with E-state index in [2.05, 4.69) is 25.1 Å². The Bertz CT molecular complexity index is 1040. The van der Waals surface area contributed by atoms with Crippen LogP contribution in [0.5, 0.6) is 0 Å². The first kappa shape index (κ1) is 17.1. The van der Waals surface area contributed by atoms with E-state index in [1.807, 2.05) is 0 Å². The number of nitrogens with one attached hydrogen (secondary N) is 2. The highest BCUT2D eigenvalue weighted by Gasteiger charge is 2.09. The second-order valence-electron chi connectivity index (χ2n) is 5.19. The molecule has 3 aromatic rings. The number of benzene rings is 1. The number of hydrogen-bond donors (Lipinski definition) is 2. The van der Waals surface area contributed by atoms with Gasteiger partial charge in [0.25, 0.3) is 5.56 Å². The molecule has 0 aliphatic heterocycles. The first-order valence-corrected chi connectivity index (χ1v) is 7.72. The zero-order valence-corrected chi connectivity index (χ0v) is 13.8. The minimum absolute atomic E-state index is 0.126. The van der Waals surface area contributed by atoms with Gasteiger partial charge in [0.15, 0.2) is 5.82 Å². The number of aromatic amines is 1. The second kappa shape index (κ2) is 7.47. The van der Waals surface area contributed by atoms with Crippen molar-refractivity contribution in [2.75, 3.05) is 11.9 Å². The van der Waals surface area contributed by atoms with E-state index in [1.165, 1.54) is 16.8 Å². The van der Waals surface area contributed by atoms with Gasteiger partial charge in [0, 0.05) is 11.8 Å². The SMILES string of the molecule is CCOC(=O)Nc1cccc(Cn2nc(-c3nc(=O)o[nH]3)ccc2=O)c1. The Balaban J connectivity index is 1.83. The Morgan fingerprint density at radius 3 is 2.88 bits per heavy atom. The molecular formula is C16H15N5O5. The van der Waals surface area contributed by atoms with E-state index < -0.39 is 11.8 Å². The van der Waals surface area contributed by atoms with Crippen molar-refractivity contribution in [3.63, 3.8) is 0 Å². The number of amides is 1. The van der Waals surface area contributed by atoms with Crippen molar-refractivity contribution in [3.8, 4) is 11.5 Å². The largest absolute Gasteiger partial charge is 0.460 e. The molecule has 0 radical (unpaired) electrons. The van der Waals surface area contributed by atoms with Crippen LogP contribution in [0.1, 0.15) is 12.5 Å². The van der Waals surface area contributed by atoms with Crippen LogP contribution in [0.25, 0.3) is 11.5 Å². The van der Waals surface area contributed by atoms with Gasteiger partial charge in [0.1, 0.15) is 5.69 Å². The summed E-state index contributed by atoms with van der Waals surface area (Å²) in [7, 11) is 0. The summed E-state index contributed by atoms with van der Waals surface area (Å²) in [5.74, 6) is -0.654. The summed E-state index contributed by atoms with van der Waals surface area (Å²) in [5, 5.41) is 9.10. The van der Waals surface area contributed by atoms with Crippen molar-refractivity contribution in [1.29, 1.82) is 0 Å². The molecule has 10 heteroatoms. The monoisotopic (exact) mass is 357 g/mol. The van der Waals surface area contributed by atoms with Gasteiger partial charge in [-0.05, 0) is 30.7 Å². The molecular weight excluding hydrogens is 342 g/mol. The Kier molecular flexibility index (Phi) is 4.92. The quantitative estimate of drug-likeness (QED) is 0.701. The molecule has 1 aromatic carbocycles. The van der Waals surface area contributed by atoms with E-state index in [0.717, 1.165) is 5.56 Å². The highest BCUT2D eigenvalue weighted by atomic mass is 16.5. The first-order valence-electron chi connectivity index (χ1n) is 7.72. The fourth-order valence-corrected chi connectivity index (χ4v) is 2.23. The standard InChI is InChI=1S/C16H15N5O5/c1-2-25-15(23)17-11-5-3-4-10(8-11)9-21-13(22)7-6-12(19-21)14-18-16(24)26-20-14/h3-8H,2,9H2,1H3,(H,17,23)(H,18,20,24). The molecule has 1 amide bonds. The molecule has 3 rings (SSSR count). The third-order valence-corrected chi connectivity index (χ3v) is 3.33. The second-order valence-corrected chi connectivity index (χ2v) is 5.19. The minimum Gasteiger partial charge on any atom is -0.450 e. The van der Waals surface area contributed by atoms with E-state index in [4.69, 9.17) is 4.74 Å². The van der Waals surface area contributed by atoms with Gasteiger partial charge in [-0.15, -0.1) is 0 Å². The van der Waals surface area contributed by atoms with Crippen molar-refractivity contribution in [2.45, 2.75) is 13.5 Å². The van der Waals surface area contributed by atoms with Crippen LogP contribution in [0.3, 0.4) is 0 Å². The number of aromatic nitrogens is 4. The summed E-state index contributed by atoms with van der Waals surface area (Å²) in [6, 6.07) is 9.68. The maximum absolute atomic E-state index is 12.1. The summed E-state index contributed by atoms with van der Waals surface area (Å²) in [5.41, 5.74) is 1.23. The molecule has 26 heavy (non-hydrogen) atoms. The zero-order chi connectivity index (χ0) is 18.5. The number of ether oxygens (including phenoxy) is 1. The zero-order valence-electron chi connectivity index (χ0n) is 13.8. The van der Waals surface area contributed by atoms with Crippen LogP contribution in [0.2, 0.25) is 0 Å². The Labute approximate surface area is 146 Å². The van der Waals surface area contributed by atoms with Gasteiger partial charge >= 0.3 is 11.8 Å². The van der Waals surface area contributed by atoms with E-state index in [-0.39, 0.29) is 30.2 Å². The lowest BCUT2D eigenvalue weighted by atomic mass is 10.2. The maximum atomic E-state index is 12.1. The molecule has 0 unspecified atom stereocenters. The third kappa shape index (κ3) is 4.04. The Hall–Kier alpha value is -3.69. The smallest absolute Gasteiger partial charge is 0.450 e. The first-order chi connectivity index (χ1) is 12.5. The van der Waals surface area contributed by atoms with Crippen LogP contribution in [-0.4, -0.2) is 32.6 Å². The van der Waals surface area contributed by atoms with Crippen LogP contribution < -0.4 is 16.6 Å². The maximum Gasteiger partial charge on any atom is 0.460 e. The van der Waals surface area contributed by atoms with Crippen molar-refractivity contribution < 1.29 is 14.1 Å². The van der Waals surface area contributed by atoms with Crippen molar-refractivity contribution in [1.82, 2.24) is 19.9 Å². The van der Waals surface area contributed by atoms with Crippen LogP contribution in [0.15, 0.2) is 50.5 Å². The Morgan fingerprint density at radius 1 is 1.31 bits per heavy atom. The molecule has 2 heterocycles. The number of nitrogens with zero attached hydrogens (tertiary/aromatic N) is 3. The molecule has 134 valence electrons. The summed E-state index contributed by atoms with van der Waals surface area (Å²) >= 11 is 0. The summed E-state index contributed by atoms with van der Waals surface area (Å²) in [4.78, 5) is 38.2. The topological polar surface area (TPSA) is 132 Å². The lowest BCUT2D eigenvalue weighted by Crippen LogP contribution is -2.23. The van der Waals surface area contributed by atoms with E-state index >= 15 is 0 Å². The summed E-state index contributed by atoms with van der Waals surface area (Å²) in [6.07, 6.45) is -0.558. The third-order valence-electron chi connectivity index (χ3n) is 3.33. The average Bonchev–Trinajstić information content (AvgIpc) is 3.04. The highest BCUT2D eigenvalue weighted by molar-refractivity contribution is 5.84. The fourth-order valence-electron chi connectivity index (χ4n) is 2.23. The number of carbonyl (C=O) groups is 1. The number of carbonyl (C=O) groups excluding carboxylic acids is 1. The Morgan fingerprint density at radius 2 is 2.15 bits per heavy atom. The van der Waals surface area contributed by atoms with Gasteiger partial charge in [-0.25, -0.2) is 14.3 Å². The van der Waals surface area contributed by atoms with Gasteiger partial charge in [0.05, 0.1) is 13.2 Å². The fraction of sp³-hybridized carbons (Fsp3) is 0.188. The van der Waals surface area contributed by atoms with Gasteiger partial charge in [-0.1, -0.05) is 12.1 Å². The highest BCUT2D eigenvalue weighted by Crippen LogP contribution is 2.12. The van der Waals surface area contributed by atoms with Crippen molar-refractivity contribution in [2.24, 2.45) is 0 Å². The van der Waals surface area contributed by atoms with Gasteiger partial charge in [0.2, 0.25) is 0 Å². The normalized spacial score (nSPS) is 10.5. The molecule has 2 aromatic heterocycles. The van der Waals surface area contributed by atoms with Crippen molar-refractivity contribution in [3.05, 3.63) is 62.9 Å². The molecule has 0 bridgehead atoms. The van der Waals surface area contributed by atoms with Crippen LogP contribution in [0.4, 0.5) is 10.5 Å². The number of anilines is 1. The lowest BCUT2D eigenvalue weighted by molar-refractivity contribution is 0.168. The summed E-state index contributed by atoms with van der Waals surface area (Å²) in [6.45, 7) is 2.14. The molecule has 0 saturated heterocycles. The van der Waals surface area contributed by atoms with Crippen molar-refractivity contribution >= 4 is 11.8 Å². The lowest BCUT2D eigenvalue weighted by Gasteiger charge is -2.09. The van der Waals surface area contributed by atoms with Crippen LogP contribution >= 0.6 is 0 Å². The molecule has 0 fully saturated rings. The van der Waals surface area contributed by atoms with Crippen LogP contribution in [-0.2, 0) is 11.3 Å². The molecule has 2 N–H and O–H groups in total. The molecule has 10 nitrogen and oxygen atoms in total. The number of hydrogen-bond acceptors (Lipinski definition) is 7. The predicted octanol–water partition coefficient (Wildman–Crippen LogP) is 1.20. The molecule has 0 atom stereocenters. The van der Waals surface area contributed by atoms with Gasteiger partial charge in [-0.2, -0.15) is 15.2 Å². The average molecular weight is 357 g/mol. The van der Waals surface area contributed by atoms with Gasteiger partial charge in [-0.3, -0.25) is 10.1 Å². The molecule has 0 spiro atoms. The van der Waals surface area contributed by atoms with Crippen LogP contribution in [0, 0.1) is 0 Å². The molecule has 0 aliphatic carbocycles. The number of H-pyrrole nitrogens is 1. The predicted molar refractivity (Wildman–Crippen MR) is 90.8 cm³/mol. The molecule has 0 saturated carbocycles. The minimum atomic E-state index is -0.780. The summed E-state index contributed by atoms with van der Waals surface area (Å²) < 4.78 is 10.6. The van der Waals surface area contributed by atoms with E-state index in [9.17, 15) is 14.4 Å². The number of rotatable bonds is 5.